The van der Waals surface area contributed by atoms with Crippen LogP contribution in [-0.2, 0) is 5.33 Å². The van der Waals surface area contributed by atoms with E-state index in [0.29, 0.717) is 22.0 Å². The van der Waals surface area contributed by atoms with E-state index in [0.717, 1.165) is 5.56 Å². The van der Waals surface area contributed by atoms with E-state index in [-0.39, 0.29) is 5.82 Å². The van der Waals surface area contributed by atoms with Gasteiger partial charge in [0, 0.05) is 16.5 Å². The van der Waals surface area contributed by atoms with E-state index in [9.17, 15) is 9.65 Å². The molecule has 2 aromatic carbocycles. The molecule has 0 aliphatic heterocycles. The third kappa shape index (κ3) is 2.22. The van der Waals surface area contributed by atoms with Gasteiger partial charge >= 0.3 is 0 Å². The van der Waals surface area contributed by atoms with Gasteiger partial charge in [-0.25, -0.2) is 4.39 Å². The molecule has 0 aliphatic carbocycles. The van der Waals surface area contributed by atoms with Gasteiger partial charge in [-0.15, -0.1) is 0 Å². The number of nitrogens with zero attached hydrogens (tertiary/aromatic N) is 1. The van der Waals surface area contributed by atoms with Gasteiger partial charge in [-0.05, 0) is 11.6 Å². The number of nitriles is 1. The molecule has 17 heavy (non-hydrogen) atoms. The largest absolute Gasteiger partial charge is 0.206 e. The first-order chi connectivity index (χ1) is 8.27. The Morgan fingerprint density at radius 3 is 2.41 bits per heavy atom. The average molecular weight is 290 g/mol. The molecule has 0 saturated carbocycles. The zero-order valence-electron chi connectivity index (χ0n) is 8.95. The van der Waals surface area contributed by atoms with Crippen molar-refractivity contribution in [3.63, 3.8) is 0 Å². The number of rotatable bonds is 2. The summed E-state index contributed by atoms with van der Waals surface area (Å²) in [4.78, 5) is 0. The molecule has 84 valence electrons. The Hall–Kier alpha value is -1.66. The van der Waals surface area contributed by atoms with E-state index in [1.54, 1.807) is 24.3 Å². The van der Waals surface area contributed by atoms with Crippen LogP contribution in [0.15, 0.2) is 42.5 Å². The van der Waals surface area contributed by atoms with Gasteiger partial charge in [0.2, 0.25) is 0 Å². The van der Waals surface area contributed by atoms with Crippen molar-refractivity contribution in [2.24, 2.45) is 0 Å². The molecule has 2 aromatic rings. The molecule has 0 fully saturated rings. The predicted molar refractivity (Wildman–Crippen MR) is 69.2 cm³/mol. The van der Waals surface area contributed by atoms with Crippen LogP contribution in [0.4, 0.5) is 4.39 Å². The summed E-state index contributed by atoms with van der Waals surface area (Å²) in [6.07, 6.45) is 0. The first-order valence-corrected chi connectivity index (χ1v) is 6.23. The molecule has 0 N–H and O–H groups in total. The zero-order chi connectivity index (χ0) is 12.3. The van der Waals surface area contributed by atoms with E-state index < -0.39 is 0 Å². The smallest absolute Gasteiger partial charge is 0.131 e. The Bertz CT molecular complexity index is 587. The molecule has 0 saturated heterocycles. The average Bonchev–Trinajstić information content (AvgIpc) is 2.38. The van der Waals surface area contributed by atoms with Crippen LogP contribution in [0.1, 0.15) is 11.1 Å². The maximum Gasteiger partial charge on any atom is 0.131 e. The first kappa shape index (κ1) is 11.8. The standard InChI is InChI=1S/C14H9BrFN/c15-8-10-4-3-6-11(13(10)9-17)12-5-1-2-7-14(12)16/h1-7H,8H2. The maximum absolute atomic E-state index is 13.7. The third-order valence-electron chi connectivity index (χ3n) is 2.57. The number of alkyl halides is 1. The Morgan fingerprint density at radius 1 is 1.06 bits per heavy atom. The van der Waals surface area contributed by atoms with Crippen LogP contribution < -0.4 is 0 Å². The third-order valence-corrected chi connectivity index (χ3v) is 3.17. The van der Waals surface area contributed by atoms with Crippen molar-refractivity contribution in [3.8, 4) is 17.2 Å². The van der Waals surface area contributed by atoms with Crippen molar-refractivity contribution in [1.82, 2.24) is 0 Å². The second-order valence-corrected chi connectivity index (χ2v) is 4.13. The molecule has 1 nitrogen and oxygen atoms in total. The minimum absolute atomic E-state index is 0.310. The van der Waals surface area contributed by atoms with Crippen LogP contribution >= 0.6 is 15.9 Å². The Morgan fingerprint density at radius 2 is 1.76 bits per heavy atom. The van der Waals surface area contributed by atoms with Crippen molar-refractivity contribution < 1.29 is 4.39 Å². The van der Waals surface area contributed by atoms with E-state index in [1.165, 1.54) is 6.07 Å². The lowest BCUT2D eigenvalue weighted by molar-refractivity contribution is 0.631. The molecule has 0 atom stereocenters. The zero-order valence-corrected chi connectivity index (χ0v) is 10.5. The number of hydrogen-bond acceptors (Lipinski definition) is 1. The normalized spacial score (nSPS) is 9.94. The molecule has 0 heterocycles. The Kier molecular flexibility index (Phi) is 3.55. The summed E-state index contributed by atoms with van der Waals surface area (Å²) >= 11 is 3.33. The highest BCUT2D eigenvalue weighted by Crippen LogP contribution is 2.28. The van der Waals surface area contributed by atoms with Crippen LogP contribution in [0.2, 0.25) is 0 Å². The van der Waals surface area contributed by atoms with Gasteiger partial charge in [0.15, 0.2) is 0 Å². The lowest BCUT2D eigenvalue weighted by Crippen LogP contribution is -1.92. The van der Waals surface area contributed by atoms with Crippen molar-refractivity contribution in [1.29, 1.82) is 5.26 Å². The molecule has 2 rings (SSSR count). The lowest BCUT2D eigenvalue weighted by atomic mass is 9.96. The number of halogens is 2. The molecule has 0 bridgehead atoms. The topological polar surface area (TPSA) is 23.8 Å². The van der Waals surface area contributed by atoms with Gasteiger partial charge in [0.1, 0.15) is 11.9 Å². The molecular formula is C14H9BrFN. The molecule has 0 unspecified atom stereocenters. The number of benzene rings is 2. The van der Waals surface area contributed by atoms with Gasteiger partial charge in [-0.3, -0.25) is 0 Å². The van der Waals surface area contributed by atoms with Crippen molar-refractivity contribution in [2.45, 2.75) is 5.33 Å². The summed E-state index contributed by atoms with van der Waals surface area (Å²) in [5.41, 5.74) is 2.50. The van der Waals surface area contributed by atoms with Crippen LogP contribution in [0.3, 0.4) is 0 Å². The van der Waals surface area contributed by atoms with Gasteiger partial charge in [-0.1, -0.05) is 52.3 Å². The fraction of sp³-hybridized carbons (Fsp3) is 0.0714. The Balaban J connectivity index is 2.69. The molecule has 3 heteroatoms. The highest BCUT2D eigenvalue weighted by Gasteiger charge is 2.11. The summed E-state index contributed by atoms with van der Waals surface area (Å²) < 4.78 is 13.7. The van der Waals surface area contributed by atoms with Crippen molar-refractivity contribution in [3.05, 3.63) is 59.4 Å². The van der Waals surface area contributed by atoms with Crippen LogP contribution in [-0.4, -0.2) is 0 Å². The maximum atomic E-state index is 13.7. The molecule has 0 aromatic heterocycles. The molecule has 0 amide bonds. The lowest BCUT2D eigenvalue weighted by Gasteiger charge is -2.08. The fourth-order valence-corrected chi connectivity index (χ4v) is 2.21. The van der Waals surface area contributed by atoms with Gasteiger partial charge in [0.05, 0.1) is 5.56 Å². The molecule has 0 radical (unpaired) electrons. The van der Waals surface area contributed by atoms with E-state index in [2.05, 4.69) is 22.0 Å². The van der Waals surface area contributed by atoms with E-state index in [4.69, 9.17) is 0 Å². The monoisotopic (exact) mass is 289 g/mol. The summed E-state index contributed by atoms with van der Waals surface area (Å²) in [5, 5.41) is 9.77. The molecular weight excluding hydrogens is 281 g/mol. The second-order valence-electron chi connectivity index (χ2n) is 3.56. The van der Waals surface area contributed by atoms with Crippen molar-refractivity contribution in [2.75, 3.05) is 0 Å². The summed E-state index contributed by atoms with van der Waals surface area (Å²) in [6, 6.07) is 14.1. The SMILES string of the molecule is N#Cc1c(CBr)cccc1-c1ccccc1F. The highest BCUT2D eigenvalue weighted by molar-refractivity contribution is 9.08. The first-order valence-electron chi connectivity index (χ1n) is 5.10. The number of hydrogen-bond donors (Lipinski definition) is 0. The predicted octanol–water partition coefficient (Wildman–Crippen LogP) is 4.26. The quantitative estimate of drug-likeness (QED) is 0.758. The summed E-state index contributed by atoms with van der Waals surface area (Å²) in [6.45, 7) is 0. The molecule has 0 spiro atoms. The minimum atomic E-state index is -0.310. The Labute approximate surface area is 108 Å². The van der Waals surface area contributed by atoms with Gasteiger partial charge < -0.3 is 0 Å². The van der Waals surface area contributed by atoms with Crippen LogP contribution in [0.5, 0.6) is 0 Å². The van der Waals surface area contributed by atoms with Crippen molar-refractivity contribution >= 4 is 15.9 Å². The molecule has 0 aliphatic rings. The fourth-order valence-electron chi connectivity index (χ4n) is 1.75. The van der Waals surface area contributed by atoms with Gasteiger partial charge in [-0.2, -0.15) is 5.26 Å². The van der Waals surface area contributed by atoms with Gasteiger partial charge in [0.25, 0.3) is 0 Å². The van der Waals surface area contributed by atoms with E-state index in [1.807, 2.05) is 12.1 Å². The summed E-state index contributed by atoms with van der Waals surface area (Å²) in [5.74, 6) is -0.310. The highest BCUT2D eigenvalue weighted by atomic mass is 79.9. The summed E-state index contributed by atoms with van der Waals surface area (Å²) in [7, 11) is 0. The van der Waals surface area contributed by atoms with Crippen LogP contribution in [0.25, 0.3) is 11.1 Å². The second kappa shape index (κ2) is 5.11. The van der Waals surface area contributed by atoms with Crippen LogP contribution in [0, 0.1) is 17.1 Å². The van der Waals surface area contributed by atoms with E-state index >= 15 is 0 Å². The minimum Gasteiger partial charge on any atom is -0.206 e.